The summed E-state index contributed by atoms with van der Waals surface area (Å²) in [6, 6.07) is 8.64. The highest BCUT2D eigenvalue weighted by molar-refractivity contribution is 7.98. The summed E-state index contributed by atoms with van der Waals surface area (Å²) in [6.45, 7) is 5.55. The number of ether oxygens (including phenoxy) is 2. The van der Waals surface area contributed by atoms with Crippen LogP contribution in [-0.2, 0) is 20.8 Å². The fourth-order valence-electron chi connectivity index (χ4n) is 3.45. The van der Waals surface area contributed by atoms with E-state index in [1.165, 1.54) is 10.5 Å². The first kappa shape index (κ1) is 19.3. The van der Waals surface area contributed by atoms with Crippen LogP contribution in [0.4, 0.5) is 0 Å². The van der Waals surface area contributed by atoms with Gasteiger partial charge in [0.15, 0.2) is 0 Å². The molecule has 0 amide bonds. The first-order valence-corrected chi connectivity index (χ1v) is 9.87. The van der Waals surface area contributed by atoms with Gasteiger partial charge in [0.2, 0.25) is 0 Å². The molecule has 0 aliphatic carbocycles. The minimum Gasteiger partial charge on any atom is -0.466 e. The Morgan fingerprint density at radius 1 is 1.42 bits per heavy atom. The molecular formula is C19H29NO3S. The van der Waals surface area contributed by atoms with Gasteiger partial charge >= 0.3 is 5.97 Å². The molecule has 1 fully saturated rings. The molecule has 1 aromatic carbocycles. The van der Waals surface area contributed by atoms with Crippen molar-refractivity contribution in [2.24, 2.45) is 5.41 Å². The zero-order valence-electron chi connectivity index (χ0n) is 15.0. The van der Waals surface area contributed by atoms with Crippen LogP contribution in [0.2, 0.25) is 0 Å². The van der Waals surface area contributed by atoms with Gasteiger partial charge in [-0.25, -0.2) is 0 Å². The molecular weight excluding hydrogens is 322 g/mol. The summed E-state index contributed by atoms with van der Waals surface area (Å²) in [5.74, 6) is -0.0652. The first-order valence-electron chi connectivity index (χ1n) is 8.65. The molecule has 1 unspecified atom stereocenters. The van der Waals surface area contributed by atoms with Crippen LogP contribution in [0.3, 0.4) is 0 Å². The number of hydrogen-bond acceptors (Lipinski definition) is 5. The van der Waals surface area contributed by atoms with Gasteiger partial charge in [-0.2, -0.15) is 0 Å². The molecule has 5 heteroatoms. The number of benzene rings is 1. The van der Waals surface area contributed by atoms with E-state index in [-0.39, 0.29) is 5.97 Å². The van der Waals surface area contributed by atoms with Crippen LogP contribution in [-0.4, -0.2) is 50.5 Å². The highest BCUT2D eigenvalue weighted by Gasteiger charge is 2.43. The van der Waals surface area contributed by atoms with E-state index in [0.29, 0.717) is 13.2 Å². The molecule has 0 bridgehead atoms. The minimum absolute atomic E-state index is 0.0652. The van der Waals surface area contributed by atoms with Gasteiger partial charge in [0.25, 0.3) is 0 Å². The second-order valence-electron chi connectivity index (χ2n) is 6.41. The summed E-state index contributed by atoms with van der Waals surface area (Å²) in [7, 11) is 1.69. The summed E-state index contributed by atoms with van der Waals surface area (Å²) in [4.78, 5) is 16.3. The van der Waals surface area contributed by atoms with Crippen molar-refractivity contribution < 1.29 is 14.3 Å². The molecule has 2 rings (SSSR count). The SMILES string of the molecule is CCOC(=O)C1(CCOC)CCCN(Cc2cccc(SC)c2)C1. The van der Waals surface area contributed by atoms with Crippen molar-refractivity contribution in [3.8, 4) is 0 Å². The zero-order valence-corrected chi connectivity index (χ0v) is 15.9. The lowest BCUT2D eigenvalue weighted by molar-refractivity contribution is -0.160. The molecule has 1 heterocycles. The van der Waals surface area contributed by atoms with Gasteiger partial charge in [-0.15, -0.1) is 11.8 Å². The van der Waals surface area contributed by atoms with Crippen molar-refractivity contribution in [2.45, 2.75) is 37.6 Å². The largest absolute Gasteiger partial charge is 0.466 e. The Bertz CT molecular complexity index is 537. The molecule has 134 valence electrons. The summed E-state index contributed by atoms with van der Waals surface area (Å²) in [5, 5.41) is 0. The molecule has 0 N–H and O–H groups in total. The lowest BCUT2D eigenvalue weighted by Gasteiger charge is -2.41. The highest BCUT2D eigenvalue weighted by atomic mass is 32.2. The quantitative estimate of drug-likeness (QED) is 0.529. The normalized spacial score (nSPS) is 21.6. The van der Waals surface area contributed by atoms with Gasteiger partial charge in [0.1, 0.15) is 0 Å². The molecule has 0 aromatic heterocycles. The van der Waals surface area contributed by atoms with Crippen molar-refractivity contribution in [3.63, 3.8) is 0 Å². The fraction of sp³-hybridized carbons (Fsp3) is 0.632. The lowest BCUT2D eigenvalue weighted by Crippen LogP contribution is -2.48. The van der Waals surface area contributed by atoms with Gasteiger partial charge in [-0.05, 0) is 56.7 Å². The number of methoxy groups -OCH3 is 1. The smallest absolute Gasteiger partial charge is 0.313 e. The molecule has 1 saturated heterocycles. The Kier molecular flexibility index (Phi) is 7.59. The predicted molar refractivity (Wildman–Crippen MR) is 98.3 cm³/mol. The van der Waals surface area contributed by atoms with Crippen LogP contribution >= 0.6 is 11.8 Å². The fourth-order valence-corrected chi connectivity index (χ4v) is 3.93. The van der Waals surface area contributed by atoms with Crippen molar-refractivity contribution in [1.29, 1.82) is 0 Å². The van der Waals surface area contributed by atoms with Gasteiger partial charge in [0.05, 0.1) is 12.0 Å². The van der Waals surface area contributed by atoms with Crippen LogP contribution in [0.25, 0.3) is 0 Å². The Morgan fingerprint density at radius 2 is 2.25 bits per heavy atom. The molecule has 1 aliphatic rings. The lowest BCUT2D eigenvalue weighted by atomic mass is 9.77. The molecule has 1 aliphatic heterocycles. The average Bonchev–Trinajstić information content (AvgIpc) is 2.60. The molecule has 0 saturated carbocycles. The predicted octanol–water partition coefficient (Wildman–Crippen LogP) is 3.59. The Morgan fingerprint density at radius 3 is 2.96 bits per heavy atom. The zero-order chi connectivity index (χ0) is 17.4. The van der Waals surface area contributed by atoms with Crippen LogP contribution in [0.1, 0.15) is 31.7 Å². The molecule has 1 atom stereocenters. The van der Waals surface area contributed by atoms with E-state index < -0.39 is 5.41 Å². The third kappa shape index (κ3) is 4.98. The molecule has 0 radical (unpaired) electrons. The van der Waals surface area contributed by atoms with Gasteiger partial charge < -0.3 is 9.47 Å². The Balaban J connectivity index is 2.09. The van der Waals surface area contributed by atoms with Gasteiger partial charge in [-0.3, -0.25) is 9.69 Å². The second kappa shape index (κ2) is 9.44. The van der Waals surface area contributed by atoms with E-state index in [2.05, 4.69) is 35.4 Å². The van der Waals surface area contributed by atoms with Crippen molar-refractivity contribution in [2.75, 3.05) is 39.7 Å². The maximum atomic E-state index is 12.6. The maximum absolute atomic E-state index is 12.6. The number of likely N-dealkylation sites (tertiary alicyclic amines) is 1. The number of thioether (sulfide) groups is 1. The van der Waals surface area contributed by atoms with Crippen molar-refractivity contribution in [3.05, 3.63) is 29.8 Å². The topological polar surface area (TPSA) is 38.8 Å². The number of carbonyl (C=O) groups is 1. The minimum atomic E-state index is -0.429. The summed E-state index contributed by atoms with van der Waals surface area (Å²) in [6.07, 6.45) is 4.72. The van der Waals surface area contributed by atoms with E-state index in [9.17, 15) is 4.79 Å². The number of piperidine rings is 1. The number of rotatable bonds is 8. The number of nitrogens with zero attached hydrogens (tertiary/aromatic N) is 1. The summed E-state index contributed by atoms with van der Waals surface area (Å²) >= 11 is 1.76. The van der Waals surface area contributed by atoms with Crippen molar-refractivity contribution >= 4 is 17.7 Å². The van der Waals surface area contributed by atoms with E-state index in [1.807, 2.05) is 6.92 Å². The van der Waals surface area contributed by atoms with Gasteiger partial charge in [-0.1, -0.05) is 12.1 Å². The number of carbonyl (C=O) groups excluding carboxylic acids is 1. The maximum Gasteiger partial charge on any atom is 0.313 e. The van der Waals surface area contributed by atoms with Crippen LogP contribution in [0.15, 0.2) is 29.2 Å². The molecule has 4 nitrogen and oxygen atoms in total. The molecule has 24 heavy (non-hydrogen) atoms. The molecule has 1 aromatic rings. The van der Waals surface area contributed by atoms with E-state index >= 15 is 0 Å². The average molecular weight is 352 g/mol. The van der Waals surface area contributed by atoms with Crippen LogP contribution < -0.4 is 0 Å². The first-order chi connectivity index (χ1) is 11.6. The monoisotopic (exact) mass is 351 g/mol. The highest BCUT2D eigenvalue weighted by Crippen LogP contribution is 2.36. The Labute approximate surface area is 149 Å². The molecule has 0 spiro atoms. The van der Waals surface area contributed by atoms with Gasteiger partial charge in [0, 0.05) is 31.7 Å². The Hall–Kier alpha value is -1.04. The van der Waals surface area contributed by atoms with Crippen molar-refractivity contribution in [1.82, 2.24) is 4.90 Å². The second-order valence-corrected chi connectivity index (χ2v) is 7.29. The van der Waals surface area contributed by atoms with Crippen LogP contribution in [0, 0.1) is 5.41 Å². The summed E-state index contributed by atoms with van der Waals surface area (Å²) < 4.78 is 10.6. The third-order valence-electron chi connectivity index (χ3n) is 4.69. The number of hydrogen-bond donors (Lipinski definition) is 0. The van der Waals surface area contributed by atoms with E-state index in [1.54, 1.807) is 18.9 Å². The van der Waals surface area contributed by atoms with E-state index in [0.717, 1.165) is 38.9 Å². The van der Waals surface area contributed by atoms with Crippen LogP contribution in [0.5, 0.6) is 0 Å². The van der Waals surface area contributed by atoms with E-state index in [4.69, 9.17) is 9.47 Å². The standard InChI is InChI=1S/C19H29NO3S/c1-4-23-18(21)19(10-12-22-2)9-6-11-20(15-19)14-16-7-5-8-17(13-16)24-3/h5,7-8,13H,4,6,9-12,14-15H2,1-3H3. The number of esters is 1. The summed E-state index contributed by atoms with van der Waals surface area (Å²) in [5.41, 5.74) is 0.870. The third-order valence-corrected chi connectivity index (χ3v) is 5.41.